The van der Waals surface area contributed by atoms with Crippen molar-refractivity contribution in [3.63, 3.8) is 0 Å². The number of hydrogen-bond donors (Lipinski definition) is 2. The predicted molar refractivity (Wildman–Crippen MR) is 78.5 cm³/mol. The van der Waals surface area contributed by atoms with Gasteiger partial charge in [0, 0.05) is 25.7 Å². The number of nitrogens with one attached hydrogen (secondary N) is 1. The number of aromatic nitrogens is 1. The molecular weight excluding hydrogens is 280 g/mol. The van der Waals surface area contributed by atoms with Gasteiger partial charge < -0.3 is 20.5 Å². The molecule has 0 saturated heterocycles. The fraction of sp³-hybridized carbons (Fsp3) is 0.583. The van der Waals surface area contributed by atoms with Gasteiger partial charge in [-0.3, -0.25) is 9.59 Å². The Morgan fingerprint density at radius 1 is 1.55 bits per heavy atom. The summed E-state index contributed by atoms with van der Waals surface area (Å²) in [7, 11) is 1.71. The van der Waals surface area contributed by atoms with E-state index >= 15 is 0 Å². The number of likely N-dealkylation sites (N-methyl/N-ethyl adjacent to an activating group) is 1. The van der Waals surface area contributed by atoms with Gasteiger partial charge in [-0.1, -0.05) is 5.16 Å². The average Bonchev–Trinajstić information content (AvgIpc) is 2.81. The summed E-state index contributed by atoms with van der Waals surface area (Å²) in [6.07, 6.45) is 0. The number of thioether (sulfide) groups is 1. The van der Waals surface area contributed by atoms with Crippen LogP contribution in [0, 0.1) is 6.92 Å². The van der Waals surface area contributed by atoms with Crippen molar-refractivity contribution in [3.8, 4) is 0 Å². The number of carbonyl (C=O) groups excluding carboxylic acids is 2. The van der Waals surface area contributed by atoms with Crippen LogP contribution in [0.4, 0.5) is 5.82 Å². The van der Waals surface area contributed by atoms with Gasteiger partial charge >= 0.3 is 0 Å². The summed E-state index contributed by atoms with van der Waals surface area (Å²) in [6, 6.07) is 1.62. The quantitative estimate of drug-likeness (QED) is 0.758. The highest BCUT2D eigenvalue weighted by Gasteiger charge is 2.15. The van der Waals surface area contributed by atoms with Crippen LogP contribution < -0.4 is 11.1 Å². The summed E-state index contributed by atoms with van der Waals surface area (Å²) in [5.41, 5.74) is 5.49. The third-order valence-electron chi connectivity index (χ3n) is 2.75. The van der Waals surface area contributed by atoms with Gasteiger partial charge in [-0.15, -0.1) is 11.8 Å². The molecular formula is C12H20N4O3S. The van der Waals surface area contributed by atoms with Crippen LogP contribution in [0.5, 0.6) is 0 Å². The SMILES string of the molecule is Cc1cc(NC(=O)CSCC(=O)N(C)C(C)CN)no1. The van der Waals surface area contributed by atoms with Crippen molar-refractivity contribution in [1.82, 2.24) is 10.1 Å². The van der Waals surface area contributed by atoms with Gasteiger partial charge in [0.2, 0.25) is 11.8 Å². The first kappa shape index (κ1) is 16.5. The molecule has 0 saturated carbocycles. The highest BCUT2D eigenvalue weighted by molar-refractivity contribution is 8.00. The Morgan fingerprint density at radius 3 is 2.80 bits per heavy atom. The van der Waals surface area contributed by atoms with Crippen molar-refractivity contribution in [2.24, 2.45) is 5.73 Å². The van der Waals surface area contributed by atoms with Crippen molar-refractivity contribution < 1.29 is 14.1 Å². The molecule has 0 radical (unpaired) electrons. The summed E-state index contributed by atoms with van der Waals surface area (Å²) in [4.78, 5) is 25.0. The highest BCUT2D eigenvalue weighted by Crippen LogP contribution is 2.09. The van der Waals surface area contributed by atoms with Crippen LogP contribution in [-0.4, -0.2) is 53.0 Å². The van der Waals surface area contributed by atoms with E-state index in [-0.39, 0.29) is 29.4 Å². The van der Waals surface area contributed by atoms with Gasteiger partial charge in [-0.05, 0) is 13.8 Å². The number of anilines is 1. The van der Waals surface area contributed by atoms with E-state index in [1.54, 1.807) is 24.9 Å². The molecule has 0 spiro atoms. The first-order valence-electron chi connectivity index (χ1n) is 6.20. The molecule has 0 bridgehead atoms. The molecule has 8 heteroatoms. The highest BCUT2D eigenvalue weighted by atomic mass is 32.2. The van der Waals surface area contributed by atoms with Crippen molar-refractivity contribution in [2.75, 3.05) is 30.4 Å². The number of hydrogen-bond acceptors (Lipinski definition) is 6. The summed E-state index contributed by atoms with van der Waals surface area (Å²) in [5, 5.41) is 6.25. The molecule has 0 fully saturated rings. The van der Waals surface area contributed by atoms with E-state index in [2.05, 4.69) is 10.5 Å². The van der Waals surface area contributed by atoms with Crippen LogP contribution in [0.1, 0.15) is 12.7 Å². The molecule has 3 N–H and O–H groups in total. The Hall–Kier alpha value is -1.54. The molecule has 20 heavy (non-hydrogen) atoms. The molecule has 1 rings (SSSR count). The summed E-state index contributed by atoms with van der Waals surface area (Å²) in [5.74, 6) is 1.17. The molecule has 1 aromatic heterocycles. The number of rotatable bonds is 7. The van der Waals surface area contributed by atoms with Crippen molar-refractivity contribution in [3.05, 3.63) is 11.8 Å². The Balaban J connectivity index is 2.26. The van der Waals surface area contributed by atoms with Crippen molar-refractivity contribution in [1.29, 1.82) is 0 Å². The third-order valence-corrected chi connectivity index (χ3v) is 3.67. The minimum atomic E-state index is -0.217. The Bertz CT molecular complexity index is 463. The molecule has 1 unspecified atom stereocenters. The molecule has 1 heterocycles. The van der Waals surface area contributed by atoms with Crippen molar-refractivity contribution >= 4 is 29.4 Å². The Labute approximate surface area is 122 Å². The monoisotopic (exact) mass is 300 g/mol. The zero-order chi connectivity index (χ0) is 15.1. The second-order valence-corrected chi connectivity index (χ2v) is 5.44. The standard InChI is InChI=1S/C12H20N4O3S/c1-8(5-13)16(3)12(18)7-20-6-11(17)14-10-4-9(2)19-15-10/h4,8H,5-7,13H2,1-3H3,(H,14,15,17). The van der Waals surface area contributed by atoms with E-state index in [0.717, 1.165) is 0 Å². The number of aryl methyl sites for hydroxylation is 1. The Kier molecular flexibility index (Phi) is 6.53. The summed E-state index contributed by atoms with van der Waals surface area (Å²) < 4.78 is 4.83. The zero-order valence-electron chi connectivity index (χ0n) is 11.9. The first-order chi connectivity index (χ1) is 9.43. The van der Waals surface area contributed by atoms with Gasteiger partial charge in [-0.2, -0.15) is 0 Å². The normalized spacial score (nSPS) is 12.0. The molecule has 1 aromatic rings. The lowest BCUT2D eigenvalue weighted by Gasteiger charge is -2.23. The van der Waals surface area contributed by atoms with E-state index in [1.807, 2.05) is 6.92 Å². The predicted octanol–water partition coefficient (Wildman–Crippen LogP) is 0.460. The lowest BCUT2D eigenvalue weighted by molar-refractivity contribution is -0.128. The maximum atomic E-state index is 11.8. The smallest absolute Gasteiger partial charge is 0.235 e. The molecule has 0 aliphatic heterocycles. The fourth-order valence-electron chi connectivity index (χ4n) is 1.34. The second kappa shape index (κ2) is 7.91. The Morgan fingerprint density at radius 2 is 2.25 bits per heavy atom. The number of carbonyl (C=O) groups is 2. The maximum Gasteiger partial charge on any atom is 0.235 e. The van der Waals surface area contributed by atoms with Gasteiger partial charge in [-0.25, -0.2) is 0 Å². The second-order valence-electron chi connectivity index (χ2n) is 4.45. The maximum absolute atomic E-state index is 11.8. The van der Waals surface area contributed by atoms with Crippen LogP contribution in [0.2, 0.25) is 0 Å². The van der Waals surface area contributed by atoms with Gasteiger partial charge in [0.25, 0.3) is 0 Å². The lowest BCUT2D eigenvalue weighted by atomic mass is 10.3. The third kappa shape index (κ3) is 5.22. The van der Waals surface area contributed by atoms with Crippen LogP contribution in [-0.2, 0) is 9.59 Å². The van der Waals surface area contributed by atoms with E-state index < -0.39 is 0 Å². The largest absolute Gasteiger partial charge is 0.360 e. The minimum absolute atomic E-state index is 0.00460. The van der Waals surface area contributed by atoms with E-state index in [4.69, 9.17) is 10.3 Å². The van der Waals surface area contributed by atoms with Crippen molar-refractivity contribution in [2.45, 2.75) is 19.9 Å². The van der Waals surface area contributed by atoms with Gasteiger partial charge in [0.05, 0.1) is 11.5 Å². The van der Waals surface area contributed by atoms with E-state index in [0.29, 0.717) is 18.1 Å². The lowest BCUT2D eigenvalue weighted by Crippen LogP contribution is -2.40. The molecule has 112 valence electrons. The van der Waals surface area contributed by atoms with Crippen LogP contribution in [0.25, 0.3) is 0 Å². The first-order valence-corrected chi connectivity index (χ1v) is 7.36. The van der Waals surface area contributed by atoms with Gasteiger partial charge in [0.15, 0.2) is 5.82 Å². The molecule has 2 amide bonds. The molecule has 7 nitrogen and oxygen atoms in total. The molecule has 0 aliphatic carbocycles. The number of amides is 2. The summed E-state index contributed by atoms with van der Waals surface area (Å²) in [6.45, 7) is 4.03. The average molecular weight is 300 g/mol. The van der Waals surface area contributed by atoms with Gasteiger partial charge in [0.1, 0.15) is 5.76 Å². The topological polar surface area (TPSA) is 101 Å². The summed E-state index contributed by atoms with van der Waals surface area (Å²) >= 11 is 1.25. The van der Waals surface area contributed by atoms with Crippen LogP contribution >= 0.6 is 11.8 Å². The minimum Gasteiger partial charge on any atom is -0.360 e. The zero-order valence-corrected chi connectivity index (χ0v) is 12.7. The molecule has 0 aliphatic rings. The van der Waals surface area contributed by atoms with Crippen LogP contribution in [0.3, 0.4) is 0 Å². The van der Waals surface area contributed by atoms with E-state index in [1.165, 1.54) is 11.8 Å². The molecule has 0 aromatic carbocycles. The van der Waals surface area contributed by atoms with Crippen LogP contribution in [0.15, 0.2) is 10.6 Å². The van der Waals surface area contributed by atoms with E-state index in [9.17, 15) is 9.59 Å². The number of nitrogens with zero attached hydrogens (tertiary/aromatic N) is 2. The number of nitrogens with two attached hydrogens (primary N) is 1. The fourth-order valence-corrected chi connectivity index (χ4v) is 2.08. The molecule has 1 atom stereocenters.